The van der Waals surface area contributed by atoms with Crippen LogP contribution in [-0.2, 0) is 24.5 Å². The molecule has 0 atom stereocenters. The van der Waals surface area contributed by atoms with Gasteiger partial charge in [0.1, 0.15) is 0 Å². The van der Waals surface area contributed by atoms with Crippen LogP contribution in [-0.4, -0.2) is 67.2 Å². The molecule has 1 aromatic rings. The Morgan fingerprint density at radius 2 is 1.81 bits per heavy atom. The molecule has 1 aromatic carbocycles. The molecule has 3 aliphatic rings. The average molecular weight is 358 g/mol. The van der Waals surface area contributed by atoms with E-state index < -0.39 is 11.5 Å². The van der Waals surface area contributed by atoms with Crippen LogP contribution in [0.3, 0.4) is 0 Å². The molecule has 3 heterocycles. The fourth-order valence-electron chi connectivity index (χ4n) is 4.07. The van der Waals surface area contributed by atoms with E-state index in [9.17, 15) is 14.4 Å². The second-order valence-electron chi connectivity index (χ2n) is 7.20. The molecule has 0 N–H and O–H groups in total. The minimum absolute atomic E-state index is 0.112. The number of likely N-dealkylation sites (tertiary alicyclic amines) is 1. The van der Waals surface area contributed by atoms with Crippen LogP contribution in [0.5, 0.6) is 0 Å². The number of cyclic esters (lactones) is 1. The third-order valence-corrected chi connectivity index (χ3v) is 5.61. The van der Waals surface area contributed by atoms with Crippen molar-refractivity contribution in [2.24, 2.45) is 5.92 Å². The van der Waals surface area contributed by atoms with Gasteiger partial charge in [-0.2, -0.15) is 0 Å². The van der Waals surface area contributed by atoms with Crippen molar-refractivity contribution < 1.29 is 23.9 Å². The van der Waals surface area contributed by atoms with Crippen LogP contribution in [0.15, 0.2) is 30.3 Å². The van der Waals surface area contributed by atoms with Crippen LogP contribution < -0.4 is 0 Å². The molecular weight excluding hydrogens is 336 g/mol. The molecular formula is C19H22N2O5. The lowest BCUT2D eigenvalue weighted by Gasteiger charge is -2.47. The fourth-order valence-corrected chi connectivity index (χ4v) is 4.07. The van der Waals surface area contributed by atoms with Crippen LogP contribution in [0.4, 0.5) is 4.79 Å². The monoisotopic (exact) mass is 358 g/mol. The zero-order chi connectivity index (χ0) is 18.1. The minimum Gasteiger partial charge on any atom is -0.439 e. The van der Waals surface area contributed by atoms with Gasteiger partial charge < -0.3 is 14.4 Å². The topological polar surface area (TPSA) is 76.2 Å². The molecule has 3 fully saturated rings. The first-order chi connectivity index (χ1) is 12.6. The molecule has 0 radical (unpaired) electrons. The number of ether oxygens (including phenoxy) is 2. The second-order valence-corrected chi connectivity index (χ2v) is 7.20. The number of nitrogens with zero attached hydrogens (tertiary/aromatic N) is 2. The van der Waals surface area contributed by atoms with Crippen LogP contribution in [0.25, 0.3) is 0 Å². The Balaban J connectivity index is 1.43. The van der Waals surface area contributed by atoms with Crippen molar-refractivity contribution in [2.45, 2.75) is 18.3 Å². The van der Waals surface area contributed by atoms with Crippen LogP contribution in [0.1, 0.15) is 18.4 Å². The second kappa shape index (κ2) is 6.72. The van der Waals surface area contributed by atoms with Gasteiger partial charge in [-0.05, 0) is 18.4 Å². The molecule has 0 unspecified atom stereocenters. The van der Waals surface area contributed by atoms with Crippen molar-refractivity contribution in [1.82, 2.24) is 9.80 Å². The number of imide groups is 1. The summed E-state index contributed by atoms with van der Waals surface area (Å²) < 4.78 is 10.2. The fraction of sp³-hybridized carbons (Fsp3) is 0.526. The quantitative estimate of drug-likeness (QED) is 0.808. The summed E-state index contributed by atoms with van der Waals surface area (Å²) in [6, 6.07) is 9.90. The highest BCUT2D eigenvalue weighted by molar-refractivity contribution is 5.97. The number of hydrogen-bond acceptors (Lipinski definition) is 5. The summed E-state index contributed by atoms with van der Waals surface area (Å²) in [4.78, 5) is 39.5. The van der Waals surface area contributed by atoms with Gasteiger partial charge in [0.15, 0.2) is 6.61 Å². The summed E-state index contributed by atoms with van der Waals surface area (Å²) in [6.07, 6.45) is 0.770. The summed E-state index contributed by atoms with van der Waals surface area (Å²) in [5.41, 5.74) is 0.502. The Kier molecular flexibility index (Phi) is 4.40. The van der Waals surface area contributed by atoms with Gasteiger partial charge in [0.25, 0.3) is 5.91 Å². The smallest absolute Gasteiger partial charge is 0.417 e. The predicted octanol–water partition coefficient (Wildman–Crippen LogP) is 1.17. The summed E-state index contributed by atoms with van der Waals surface area (Å²) in [7, 11) is 0. The van der Waals surface area contributed by atoms with Gasteiger partial charge in [-0.25, -0.2) is 9.69 Å². The molecule has 4 rings (SSSR count). The number of amides is 3. The average Bonchev–Trinajstić information content (AvgIpc) is 2.96. The summed E-state index contributed by atoms with van der Waals surface area (Å²) in [5.74, 6) is -0.0650. The molecule has 0 bridgehead atoms. The largest absolute Gasteiger partial charge is 0.439 e. The van der Waals surface area contributed by atoms with Gasteiger partial charge in [-0.1, -0.05) is 30.3 Å². The van der Waals surface area contributed by atoms with E-state index in [1.54, 1.807) is 0 Å². The van der Waals surface area contributed by atoms with Gasteiger partial charge in [0.2, 0.25) is 5.91 Å². The van der Waals surface area contributed by atoms with Crippen LogP contribution >= 0.6 is 0 Å². The SMILES string of the molecule is O=C1COC(=O)N1CC1CN(C(=O)C2(c3ccccc3)CCOCC2)C1. The number of rotatable bonds is 4. The Labute approximate surface area is 151 Å². The molecule has 0 saturated carbocycles. The first kappa shape index (κ1) is 17.0. The zero-order valence-corrected chi connectivity index (χ0v) is 14.6. The summed E-state index contributed by atoms with van der Waals surface area (Å²) in [5, 5.41) is 0. The highest BCUT2D eigenvalue weighted by atomic mass is 16.6. The van der Waals surface area contributed by atoms with Gasteiger partial charge >= 0.3 is 6.09 Å². The zero-order valence-electron chi connectivity index (χ0n) is 14.6. The van der Waals surface area contributed by atoms with E-state index in [2.05, 4.69) is 0 Å². The van der Waals surface area contributed by atoms with E-state index >= 15 is 0 Å². The van der Waals surface area contributed by atoms with Crippen molar-refractivity contribution in [3.05, 3.63) is 35.9 Å². The van der Waals surface area contributed by atoms with E-state index in [0.717, 1.165) is 10.5 Å². The minimum atomic E-state index is -0.579. The Morgan fingerprint density at radius 1 is 1.12 bits per heavy atom. The number of carbonyl (C=O) groups is 3. The lowest BCUT2D eigenvalue weighted by molar-refractivity contribution is -0.148. The number of carbonyl (C=O) groups excluding carboxylic acids is 3. The molecule has 3 saturated heterocycles. The standard InChI is InChI=1S/C19H22N2O5/c22-16-13-26-18(24)21(16)12-14-10-20(11-14)17(23)19(6-8-25-9-7-19)15-4-2-1-3-5-15/h1-5,14H,6-13H2. The van der Waals surface area contributed by atoms with Gasteiger partial charge in [0, 0.05) is 38.8 Å². The van der Waals surface area contributed by atoms with E-state index in [1.807, 2.05) is 35.2 Å². The van der Waals surface area contributed by atoms with Gasteiger partial charge in [0.05, 0.1) is 5.41 Å². The first-order valence-electron chi connectivity index (χ1n) is 9.00. The molecule has 0 spiro atoms. The normalized spacial score (nSPS) is 22.9. The first-order valence-corrected chi connectivity index (χ1v) is 9.00. The molecule has 138 valence electrons. The van der Waals surface area contributed by atoms with Gasteiger partial charge in [-0.15, -0.1) is 0 Å². The Bertz CT molecular complexity index is 692. The third kappa shape index (κ3) is 2.86. The van der Waals surface area contributed by atoms with Crippen molar-refractivity contribution in [2.75, 3.05) is 39.5 Å². The maximum Gasteiger partial charge on any atom is 0.417 e. The molecule has 3 amide bonds. The lowest BCUT2D eigenvalue weighted by Crippen LogP contribution is -2.60. The molecule has 26 heavy (non-hydrogen) atoms. The van der Waals surface area contributed by atoms with Crippen molar-refractivity contribution in [3.8, 4) is 0 Å². The van der Waals surface area contributed by atoms with Crippen molar-refractivity contribution >= 4 is 17.9 Å². The lowest BCUT2D eigenvalue weighted by atomic mass is 9.72. The maximum absolute atomic E-state index is 13.3. The summed E-state index contributed by atoms with van der Waals surface area (Å²) in [6.45, 7) is 2.42. The molecule has 3 aliphatic heterocycles. The number of hydrogen-bond donors (Lipinski definition) is 0. The van der Waals surface area contributed by atoms with Crippen molar-refractivity contribution in [1.29, 1.82) is 0 Å². The molecule has 7 nitrogen and oxygen atoms in total. The Hall–Kier alpha value is -2.41. The van der Waals surface area contributed by atoms with E-state index in [-0.39, 0.29) is 24.3 Å². The molecule has 0 aliphatic carbocycles. The van der Waals surface area contributed by atoms with Crippen molar-refractivity contribution in [3.63, 3.8) is 0 Å². The third-order valence-electron chi connectivity index (χ3n) is 5.61. The van der Waals surface area contributed by atoms with E-state index in [1.165, 1.54) is 0 Å². The molecule has 0 aromatic heterocycles. The van der Waals surface area contributed by atoms with Gasteiger partial charge in [-0.3, -0.25) is 9.59 Å². The highest BCUT2D eigenvalue weighted by Gasteiger charge is 2.47. The molecule has 7 heteroatoms. The van der Waals surface area contributed by atoms with Crippen LogP contribution in [0, 0.1) is 5.92 Å². The van der Waals surface area contributed by atoms with Crippen LogP contribution in [0.2, 0.25) is 0 Å². The highest BCUT2D eigenvalue weighted by Crippen LogP contribution is 2.38. The van der Waals surface area contributed by atoms with E-state index in [0.29, 0.717) is 45.7 Å². The summed E-state index contributed by atoms with van der Waals surface area (Å²) >= 11 is 0. The Morgan fingerprint density at radius 3 is 2.42 bits per heavy atom. The predicted molar refractivity (Wildman–Crippen MR) is 91.3 cm³/mol. The number of benzene rings is 1. The maximum atomic E-state index is 13.3. The van der Waals surface area contributed by atoms with E-state index in [4.69, 9.17) is 9.47 Å².